The van der Waals surface area contributed by atoms with Crippen LogP contribution in [0.25, 0.3) is 0 Å². The summed E-state index contributed by atoms with van der Waals surface area (Å²) in [6, 6.07) is 4.11. The molecule has 0 radical (unpaired) electrons. The minimum Gasteiger partial charge on any atom is -0.456 e. The molecule has 0 aromatic heterocycles. The first-order valence-corrected chi connectivity index (χ1v) is 5.23. The monoisotopic (exact) mass is 241 g/mol. The quantitative estimate of drug-likeness (QED) is 0.629. The maximum atomic E-state index is 13.5. The van der Waals surface area contributed by atoms with E-state index in [0.29, 0.717) is 0 Å². The van der Waals surface area contributed by atoms with Gasteiger partial charge in [0.15, 0.2) is 0 Å². The van der Waals surface area contributed by atoms with Gasteiger partial charge in [-0.1, -0.05) is 6.07 Å². The van der Waals surface area contributed by atoms with Crippen molar-refractivity contribution in [2.45, 2.75) is 32.9 Å². The number of hydrogen-bond donors (Lipinski definition) is 2. The highest BCUT2D eigenvalue weighted by molar-refractivity contribution is 5.91. The number of hydrogen-bond acceptors (Lipinski definition) is 4. The molecule has 0 aliphatic carbocycles. The molecule has 1 aromatic rings. The highest BCUT2D eigenvalue weighted by atomic mass is 19.1. The van der Waals surface area contributed by atoms with Gasteiger partial charge in [0.1, 0.15) is 11.4 Å². The lowest BCUT2D eigenvalue weighted by molar-refractivity contribution is 0.00669. The van der Waals surface area contributed by atoms with Crippen LogP contribution in [0, 0.1) is 5.82 Å². The molecule has 0 amide bonds. The molecular weight excluding hydrogens is 225 g/mol. The summed E-state index contributed by atoms with van der Waals surface area (Å²) >= 11 is 0. The Kier molecular flexibility index (Phi) is 4.20. The van der Waals surface area contributed by atoms with Crippen molar-refractivity contribution in [2.24, 2.45) is 0 Å². The van der Waals surface area contributed by atoms with Gasteiger partial charge in [-0.25, -0.2) is 14.7 Å². The van der Waals surface area contributed by atoms with Gasteiger partial charge in [0, 0.05) is 12.1 Å². The maximum Gasteiger partial charge on any atom is 0.339 e. The van der Waals surface area contributed by atoms with Gasteiger partial charge in [-0.3, -0.25) is 0 Å². The minimum atomic E-state index is -0.646. The van der Waals surface area contributed by atoms with E-state index in [9.17, 15) is 9.18 Å². The molecule has 0 fully saturated rings. The van der Waals surface area contributed by atoms with E-state index in [0.717, 1.165) is 0 Å². The van der Waals surface area contributed by atoms with Gasteiger partial charge >= 0.3 is 5.97 Å². The van der Waals surface area contributed by atoms with Crippen LogP contribution in [0.3, 0.4) is 0 Å². The number of ether oxygens (including phenoxy) is 1. The van der Waals surface area contributed by atoms with Gasteiger partial charge in [-0.15, -0.1) is 0 Å². The van der Waals surface area contributed by atoms with E-state index in [2.05, 4.69) is 0 Å². The zero-order chi connectivity index (χ0) is 13.1. The summed E-state index contributed by atoms with van der Waals surface area (Å²) < 4.78 is 18.6. The molecule has 0 spiro atoms. The molecule has 0 aliphatic rings. The zero-order valence-electron chi connectivity index (χ0n) is 10.1. The predicted molar refractivity (Wildman–Crippen MR) is 60.2 cm³/mol. The van der Waals surface area contributed by atoms with Crippen LogP contribution in [0.4, 0.5) is 4.39 Å². The normalized spacial score (nSPS) is 11.4. The molecule has 0 saturated carbocycles. The number of halogens is 1. The van der Waals surface area contributed by atoms with Gasteiger partial charge in [0.25, 0.3) is 0 Å². The third-order valence-corrected chi connectivity index (χ3v) is 1.99. The standard InChI is InChI=1S/C12H16FNO3/c1-12(2,3)17-11(15)8-5-4-6-10(13)9(8)7-14-16/h4-6,14,16H,7H2,1-3H3. The Morgan fingerprint density at radius 1 is 1.47 bits per heavy atom. The average Bonchev–Trinajstić information content (AvgIpc) is 2.18. The summed E-state index contributed by atoms with van der Waals surface area (Å²) in [4.78, 5) is 11.8. The molecule has 17 heavy (non-hydrogen) atoms. The van der Waals surface area contributed by atoms with Crippen LogP contribution < -0.4 is 5.48 Å². The Morgan fingerprint density at radius 3 is 2.65 bits per heavy atom. The lowest BCUT2D eigenvalue weighted by Gasteiger charge is -2.20. The van der Waals surface area contributed by atoms with Crippen LogP contribution in [-0.2, 0) is 11.3 Å². The Labute approximate surface area is 99.4 Å². The third-order valence-electron chi connectivity index (χ3n) is 1.99. The number of hydroxylamine groups is 1. The summed E-state index contributed by atoms with van der Waals surface area (Å²) in [6.07, 6.45) is 0. The molecule has 0 unspecified atom stereocenters. The van der Waals surface area contributed by atoms with Crippen molar-refractivity contribution in [2.75, 3.05) is 0 Å². The maximum absolute atomic E-state index is 13.5. The molecule has 0 atom stereocenters. The Bertz CT molecular complexity index is 413. The van der Waals surface area contributed by atoms with Crippen molar-refractivity contribution in [1.29, 1.82) is 0 Å². The lowest BCUT2D eigenvalue weighted by atomic mass is 10.1. The number of nitrogens with one attached hydrogen (secondary N) is 1. The van der Waals surface area contributed by atoms with E-state index in [1.807, 2.05) is 5.48 Å². The molecule has 1 aromatic carbocycles. The van der Waals surface area contributed by atoms with E-state index >= 15 is 0 Å². The zero-order valence-corrected chi connectivity index (χ0v) is 10.1. The first-order valence-electron chi connectivity index (χ1n) is 5.23. The molecule has 4 nitrogen and oxygen atoms in total. The molecule has 0 heterocycles. The highest BCUT2D eigenvalue weighted by Crippen LogP contribution is 2.18. The van der Waals surface area contributed by atoms with E-state index < -0.39 is 17.4 Å². The summed E-state index contributed by atoms with van der Waals surface area (Å²) in [6.45, 7) is 5.04. The second-order valence-electron chi connectivity index (χ2n) is 4.60. The van der Waals surface area contributed by atoms with Gasteiger partial charge in [-0.05, 0) is 32.9 Å². The van der Waals surface area contributed by atoms with Crippen molar-refractivity contribution in [1.82, 2.24) is 5.48 Å². The van der Waals surface area contributed by atoms with Crippen LogP contribution >= 0.6 is 0 Å². The number of esters is 1. The molecule has 0 aliphatic heterocycles. The fraction of sp³-hybridized carbons (Fsp3) is 0.417. The minimum absolute atomic E-state index is 0.0873. The Balaban J connectivity index is 3.04. The van der Waals surface area contributed by atoms with Gasteiger partial charge in [0.05, 0.1) is 5.56 Å². The number of carbonyl (C=O) groups is 1. The van der Waals surface area contributed by atoms with Crippen LogP contribution in [0.15, 0.2) is 18.2 Å². The molecule has 5 heteroatoms. The van der Waals surface area contributed by atoms with E-state index in [4.69, 9.17) is 9.94 Å². The summed E-state index contributed by atoms with van der Waals surface area (Å²) in [5.41, 5.74) is 1.39. The molecule has 1 rings (SSSR count). The Hall–Kier alpha value is -1.46. The number of rotatable bonds is 3. The smallest absolute Gasteiger partial charge is 0.339 e. The largest absolute Gasteiger partial charge is 0.456 e. The van der Waals surface area contributed by atoms with Crippen molar-refractivity contribution in [3.05, 3.63) is 35.1 Å². The van der Waals surface area contributed by atoms with Crippen LogP contribution in [-0.4, -0.2) is 16.8 Å². The van der Waals surface area contributed by atoms with Crippen molar-refractivity contribution in [3.8, 4) is 0 Å². The lowest BCUT2D eigenvalue weighted by Crippen LogP contribution is -2.25. The molecule has 2 N–H and O–H groups in total. The van der Waals surface area contributed by atoms with Crippen LogP contribution in [0.1, 0.15) is 36.7 Å². The fourth-order valence-corrected chi connectivity index (χ4v) is 1.34. The topological polar surface area (TPSA) is 58.6 Å². The van der Waals surface area contributed by atoms with Gasteiger partial charge in [0.2, 0.25) is 0 Å². The van der Waals surface area contributed by atoms with Crippen molar-refractivity contribution < 1.29 is 19.1 Å². The highest BCUT2D eigenvalue weighted by Gasteiger charge is 2.21. The Morgan fingerprint density at radius 2 is 2.12 bits per heavy atom. The summed E-state index contributed by atoms with van der Waals surface area (Å²) in [5.74, 6) is -1.17. The molecule has 0 bridgehead atoms. The number of carbonyl (C=O) groups excluding carboxylic acids is 1. The summed E-state index contributed by atoms with van der Waals surface area (Å²) in [5, 5.41) is 8.61. The summed E-state index contributed by atoms with van der Waals surface area (Å²) in [7, 11) is 0. The third kappa shape index (κ3) is 3.80. The second-order valence-corrected chi connectivity index (χ2v) is 4.60. The van der Waals surface area contributed by atoms with E-state index in [1.165, 1.54) is 18.2 Å². The van der Waals surface area contributed by atoms with Gasteiger partial charge < -0.3 is 9.94 Å². The average molecular weight is 241 g/mol. The fourth-order valence-electron chi connectivity index (χ4n) is 1.34. The van der Waals surface area contributed by atoms with Gasteiger partial charge in [-0.2, -0.15) is 0 Å². The van der Waals surface area contributed by atoms with Crippen LogP contribution in [0.5, 0.6) is 0 Å². The second kappa shape index (κ2) is 5.25. The van der Waals surface area contributed by atoms with E-state index in [-0.39, 0.29) is 17.7 Å². The molecule has 0 saturated heterocycles. The first-order chi connectivity index (χ1) is 7.85. The van der Waals surface area contributed by atoms with Crippen molar-refractivity contribution >= 4 is 5.97 Å². The molecule has 94 valence electrons. The SMILES string of the molecule is CC(C)(C)OC(=O)c1cccc(F)c1CNO. The van der Waals surface area contributed by atoms with E-state index in [1.54, 1.807) is 20.8 Å². The van der Waals surface area contributed by atoms with Crippen LogP contribution in [0.2, 0.25) is 0 Å². The number of benzene rings is 1. The van der Waals surface area contributed by atoms with Crippen molar-refractivity contribution in [3.63, 3.8) is 0 Å². The molecular formula is C12H16FNO3. The predicted octanol–water partition coefficient (Wildman–Crippen LogP) is 2.26. The first kappa shape index (κ1) is 13.6.